The highest BCUT2D eigenvalue weighted by Crippen LogP contribution is 2.37. The summed E-state index contributed by atoms with van der Waals surface area (Å²) in [5.74, 6) is 1.98. The van der Waals surface area contributed by atoms with E-state index in [0.717, 1.165) is 16.8 Å². The number of hydrogen-bond acceptors (Lipinski definition) is 7. The number of H-pyrrole nitrogens is 1. The Morgan fingerprint density at radius 1 is 1.06 bits per heavy atom. The Labute approximate surface area is 212 Å². The Hall–Kier alpha value is -3.59. The summed E-state index contributed by atoms with van der Waals surface area (Å²) in [6, 6.07) is 9.29. The molecule has 0 amide bonds. The van der Waals surface area contributed by atoms with E-state index in [4.69, 9.17) is 21.1 Å². The van der Waals surface area contributed by atoms with Gasteiger partial charge in [-0.05, 0) is 62.9 Å². The number of piperidine rings is 1. The van der Waals surface area contributed by atoms with Gasteiger partial charge in [-0.3, -0.25) is 14.3 Å². The Morgan fingerprint density at radius 2 is 1.75 bits per heavy atom. The summed E-state index contributed by atoms with van der Waals surface area (Å²) in [6.07, 6.45) is 1.40. The number of nitrogens with zero attached hydrogens (tertiary/aromatic N) is 4. The normalized spacial score (nSPS) is 14.5. The van der Waals surface area contributed by atoms with E-state index < -0.39 is 0 Å². The number of hydrogen-bond donors (Lipinski definition) is 1. The van der Waals surface area contributed by atoms with E-state index in [1.54, 1.807) is 4.57 Å². The average Bonchev–Trinajstić information content (AvgIpc) is 2.85. The molecule has 0 aliphatic carbocycles. The number of benzene rings is 2. The van der Waals surface area contributed by atoms with Crippen LogP contribution in [0.2, 0.25) is 5.28 Å². The van der Waals surface area contributed by atoms with Gasteiger partial charge in [0.15, 0.2) is 11.5 Å². The highest BCUT2D eigenvalue weighted by molar-refractivity contribution is 6.28. The summed E-state index contributed by atoms with van der Waals surface area (Å²) in [5.41, 5.74) is 1.47. The van der Waals surface area contributed by atoms with E-state index in [0.29, 0.717) is 67.1 Å². The van der Waals surface area contributed by atoms with E-state index in [-0.39, 0.29) is 22.6 Å². The number of aromatic nitrogens is 4. The number of halogens is 1. The first-order valence-corrected chi connectivity index (χ1v) is 12.5. The predicted molar refractivity (Wildman–Crippen MR) is 141 cm³/mol. The first-order valence-electron chi connectivity index (χ1n) is 12.2. The van der Waals surface area contributed by atoms with Crippen molar-refractivity contribution in [2.45, 2.75) is 39.7 Å². The molecule has 5 rings (SSSR count). The molecule has 0 atom stereocenters. The molecule has 3 heterocycles. The largest absolute Gasteiger partial charge is 0.490 e. The van der Waals surface area contributed by atoms with Crippen molar-refractivity contribution in [1.82, 2.24) is 19.5 Å². The number of aryl methyl sites for hydroxylation is 1. The van der Waals surface area contributed by atoms with E-state index in [1.165, 1.54) is 0 Å². The van der Waals surface area contributed by atoms with Crippen molar-refractivity contribution in [2.24, 2.45) is 0 Å². The van der Waals surface area contributed by atoms with Gasteiger partial charge in [-0.25, -0.2) is 9.78 Å². The lowest BCUT2D eigenvalue weighted by molar-refractivity contribution is 0.288. The van der Waals surface area contributed by atoms with Crippen molar-refractivity contribution >= 4 is 39.2 Å². The van der Waals surface area contributed by atoms with Crippen LogP contribution in [0, 0.1) is 6.92 Å². The maximum absolute atomic E-state index is 12.8. The summed E-state index contributed by atoms with van der Waals surface area (Å²) in [6.45, 7) is 8.04. The third-order valence-electron chi connectivity index (χ3n) is 6.62. The summed E-state index contributed by atoms with van der Waals surface area (Å²) < 4.78 is 13.3. The standard InChI is InChI=1S/C26H28ClN5O4/c1-4-35-20-13-17-18(14-21(20)36-5-2)28-25(27)29-23(17)31-11-9-16(10-12-31)32-19-8-6-7-15(3)22(19)24(33)30-26(32)34/h6-8,13-14,16H,4-5,9-12H2,1-3H3,(H,30,33,34). The summed E-state index contributed by atoms with van der Waals surface area (Å²) in [7, 11) is 0. The lowest BCUT2D eigenvalue weighted by Crippen LogP contribution is -2.40. The molecule has 2 aromatic carbocycles. The second kappa shape index (κ2) is 9.81. The second-order valence-corrected chi connectivity index (χ2v) is 9.15. The number of anilines is 1. The molecule has 0 spiro atoms. The zero-order valence-corrected chi connectivity index (χ0v) is 21.3. The van der Waals surface area contributed by atoms with Crippen LogP contribution in [-0.4, -0.2) is 45.8 Å². The number of fused-ring (bicyclic) bond motifs is 2. The molecule has 188 valence electrons. The van der Waals surface area contributed by atoms with Crippen LogP contribution >= 0.6 is 11.6 Å². The van der Waals surface area contributed by atoms with E-state index in [9.17, 15) is 9.59 Å². The van der Waals surface area contributed by atoms with E-state index in [1.807, 2.05) is 51.1 Å². The number of nitrogens with one attached hydrogen (secondary N) is 1. The minimum atomic E-state index is -0.378. The van der Waals surface area contributed by atoms with Crippen molar-refractivity contribution in [2.75, 3.05) is 31.2 Å². The van der Waals surface area contributed by atoms with Crippen LogP contribution in [0.5, 0.6) is 11.5 Å². The smallest absolute Gasteiger partial charge is 0.329 e. The molecule has 1 saturated heterocycles. The number of rotatable bonds is 6. The highest BCUT2D eigenvalue weighted by atomic mass is 35.5. The van der Waals surface area contributed by atoms with Gasteiger partial charge in [-0.1, -0.05) is 12.1 Å². The maximum atomic E-state index is 12.8. The van der Waals surface area contributed by atoms with Crippen LogP contribution in [0.3, 0.4) is 0 Å². The molecular weight excluding hydrogens is 482 g/mol. The molecule has 0 bridgehead atoms. The van der Waals surface area contributed by atoms with Gasteiger partial charge in [0.25, 0.3) is 5.56 Å². The Morgan fingerprint density at radius 3 is 2.44 bits per heavy atom. The van der Waals surface area contributed by atoms with Crippen LogP contribution in [0.1, 0.15) is 38.3 Å². The van der Waals surface area contributed by atoms with Crippen molar-refractivity contribution in [3.8, 4) is 11.5 Å². The first-order chi connectivity index (χ1) is 17.4. The van der Waals surface area contributed by atoms with Crippen molar-refractivity contribution in [1.29, 1.82) is 0 Å². The van der Waals surface area contributed by atoms with Gasteiger partial charge < -0.3 is 14.4 Å². The first kappa shape index (κ1) is 24.1. The van der Waals surface area contributed by atoms with Crippen LogP contribution < -0.4 is 25.6 Å². The van der Waals surface area contributed by atoms with E-state index >= 15 is 0 Å². The van der Waals surface area contributed by atoms with Gasteiger partial charge >= 0.3 is 5.69 Å². The lowest BCUT2D eigenvalue weighted by atomic mass is 10.0. The van der Waals surface area contributed by atoms with Crippen LogP contribution in [-0.2, 0) is 0 Å². The fraction of sp³-hybridized carbons (Fsp3) is 0.385. The molecule has 2 aromatic heterocycles. The van der Waals surface area contributed by atoms with Gasteiger partial charge in [0.1, 0.15) is 5.82 Å². The molecule has 4 aromatic rings. The van der Waals surface area contributed by atoms with Crippen molar-refractivity contribution in [3.63, 3.8) is 0 Å². The maximum Gasteiger partial charge on any atom is 0.329 e. The molecule has 9 nitrogen and oxygen atoms in total. The van der Waals surface area contributed by atoms with Crippen LogP contribution in [0.4, 0.5) is 5.82 Å². The third kappa shape index (κ3) is 4.28. The quantitative estimate of drug-likeness (QED) is 0.388. The SMILES string of the molecule is CCOc1cc2nc(Cl)nc(N3CCC(n4c(=O)[nH]c(=O)c5c(C)cccc54)CC3)c2cc1OCC. The number of aromatic amines is 1. The average molecular weight is 510 g/mol. The van der Waals surface area contributed by atoms with Crippen molar-refractivity contribution in [3.05, 3.63) is 62.0 Å². The predicted octanol–water partition coefficient (Wildman–Crippen LogP) is 4.23. The minimum absolute atomic E-state index is 0.0537. The third-order valence-corrected chi connectivity index (χ3v) is 6.79. The molecular formula is C26H28ClN5O4. The zero-order valence-electron chi connectivity index (χ0n) is 20.5. The molecule has 36 heavy (non-hydrogen) atoms. The Bertz CT molecular complexity index is 1560. The number of ether oxygens (including phenoxy) is 2. The van der Waals surface area contributed by atoms with Gasteiger partial charge in [-0.15, -0.1) is 0 Å². The minimum Gasteiger partial charge on any atom is -0.490 e. The monoisotopic (exact) mass is 509 g/mol. The van der Waals surface area contributed by atoms with Gasteiger partial charge in [0.2, 0.25) is 5.28 Å². The molecule has 1 aliphatic rings. The fourth-order valence-electron chi connectivity index (χ4n) is 5.05. The molecule has 1 fully saturated rings. The Balaban J connectivity index is 1.50. The van der Waals surface area contributed by atoms with E-state index in [2.05, 4.69) is 19.9 Å². The molecule has 0 saturated carbocycles. The van der Waals surface area contributed by atoms with Crippen LogP contribution in [0.25, 0.3) is 21.8 Å². The summed E-state index contributed by atoms with van der Waals surface area (Å²) in [4.78, 5) is 38.9. The van der Waals surface area contributed by atoms with Gasteiger partial charge in [0, 0.05) is 30.6 Å². The molecule has 10 heteroatoms. The zero-order chi connectivity index (χ0) is 25.4. The lowest BCUT2D eigenvalue weighted by Gasteiger charge is -2.34. The molecule has 1 N–H and O–H groups in total. The summed E-state index contributed by atoms with van der Waals surface area (Å²) in [5, 5.41) is 1.54. The highest BCUT2D eigenvalue weighted by Gasteiger charge is 2.26. The molecule has 1 aliphatic heterocycles. The van der Waals surface area contributed by atoms with Gasteiger partial charge in [-0.2, -0.15) is 4.98 Å². The summed E-state index contributed by atoms with van der Waals surface area (Å²) >= 11 is 6.31. The van der Waals surface area contributed by atoms with Crippen molar-refractivity contribution < 1.29 is 9.47 Å². The topological polar surface area (TPSA) is 102 Å². The second-order valence-electron chi connectivity index (χ2n) is 8.81. The molecule has 0 unspecified atom stereocenters. The fourth-order valence-corrected chi connectivity index (χ4v) is 5.22. The van der Waals surface area contributed by atoms with Gasteiger partial charge in [0.05, 0.1) is 29.6 Å². The molecule has 0 radical (unpaired) electrons. The van der Waals surface area contributed by atoms with Crippen LogP contribution in [0.15, 0.2) is 39.9 Å². The Kier molecular flexibility index (Phi) is 6.57.